The van der Waals surface area contributed by atoms with E-state index in [4.69, 9.17) is 14.9 Å². The molecule has 1 amide bonds. The minimum absolute atomic E-state index is 0.0501. The summed E-state index contributed by atoms with van der Waals surface area (Å²) in [5, 5.41) is 18.0. The van der Waals surface area contributed by atoms with Crippen LogP contribution in [0.15, 0.2) is 24.3 Å². The third-order valence-electron chi connectivity index (χ3n) is 4.54. The van der Waals surface area contributed by atoms with Crippen LogP contribution in [-0.2, 0) is 9.53 Å². The van der Waals surface area contributed by atoms with E-state index in [1.807, 2.05) is 4.90 Å². The van der Waals surface area contributed by atoms with Crippen LogP contribution in [-0.4, -0.2) is 83.3 Å². The minimum Gasteiger partial charge on any atom is -0.480 e. The number of aliphatic carboxylic acids is 1. The molecule has 8 nitrogen and oxygen atoms in total. The molecule has 2 aliphatic heterocycles. The summed E-state index contributed by atoms with van der Waals surface area (Å²) in [5.41, 5.74) is 0.546. The van der Waals surface area contributed by atoms with Gasteiger partial charge < -0.3 is 19.8 Å². The number of fused-ring (bicyclic) bond motifs is 3. The maximum Gasteiger partial charge on any atom is 0.335 e. The number of amides is 1. The smallest absolute Gasteiger partial charge is 0.335 e. The van der Waals surface area contributed by atoms with Gasteiger partial charge in [-0.2, -0.15) is 0 Å². The molecule has 0 spiro atoms. The standard InChI is InChI=1S/C17H20N2O6/c20-15(21)8-18-5-11-6-19(14(7-18)10-25-9-11)16(22)12-1-3-13(4-2-12)17(23)24/h1-4,11,14H,5-10H2,(H,20,21)(H,23,24)/t11-,14-/m0/s1. The summed E-state index contributed by atoms with van der Waals surface area (Å²) >= 11 is 0. The topological polar surface area (TPSA) is 107 Å². The highest BCUT2D eigenvalue weighted by atomic mass is 16.5. The van der Waals surface area contributed by atoms with Gasteiger partial charge in [-0.25, -0.2) is 4.79 Å². The molecule has 134 valence electrons. The van der Waals surface area contributed by atoms with Crippen LogP contribution in [0.1, 0.15) is 20.7 Å². The molecule has 2 fully saturated rings. The van der Waals surface area contributed by atoms with Gasteiger partial charge in [0, 0.05) is 31.1 Å². The fraction of sp³-hybridized carbons (Fsp3) is 0.471. The fourth-order valence-electron chi connectivity index (χ4n) is 3.43. The van der Waals surface area contributed by atoms with Crippen LogP contribution in [0.5, 0.6) is 0 Å². The summed E-state index contributed by atoms with van der Waals surface area (Å²) in [6.45, 7) is 2.33. The first-order valence-electron chi connectivity index (χ1n) is 8.10. The van der Waals surface area contributed by atoms with E-state index in [9.17, 15) is 14.4 Å². The van der Waals surface area contributed by atoms with E-state index in [1.54, 1.807) is 4.90 Å². The minimum atomic E-state index is -1.04. The Bertz CT molecular complexity index is 674. The van der Waals surface area contributed by atoms with Crippen molar-refractivity contribution >= 4 is 17.8 Å². The molecular weight excluding hydrogens is 328 g/mol. The number of carboxylic acids is 2. The number of hydrogen-bond acceptors (Lipinski definition) is 5. The first-order chi connectivity index (χ1) is 11.9. The molecule has 2 heterocycles. The van der Waals surface area contributed by atoms with Crippen molar-refractivity contribution in [2.24, 2.45) is 5.92 Å². The zero-order valence-electron chi connectivity index (χ0n) is 13.6. The maximum absolute atomic E-state index is 12.9. The number of nitrogens with zero attached hydrogens (tertiary/aromatic N) is 2. The van der Waals surface area contributed by atoms with Crippen molar-refractivity contribution in [1.29, 1.82) is 0 Å². The van der Waals surface area contributed by atoms with Crippen molar-refractivity contribution in [3.63, 3.8) is 0 Å². The van der Waals surface area contributed by atoms with E-state index in [1.165, 1.54) is 24.3 Å². The molecule has 2 aliphatic rings. The highest BCUT2D eigenvalue weighted by Gasteiger charge is 2.36. The number of carbonyl (C=O) groups is 3. The Morgan fingerprint density at radius 1 is 1.00 bits per heavy atom. The number of aromatic carboxylic acids is 1. The lowest BCUT2D eigenvalue weighted by Gasteiger charge is -2.30. The van der Waals surface area contributed by atoms with Crippen molar-refractivity contribution in [3.8, 4) is 0 Å². The number of ether oxygens (including phenoxy) is 1. The highest BCUT2D eigenvalue weighted by molar-refractivity contribution is 5.96. The van der Waals surface area contributed by atoms with Gasteiger partial charge in [-0.1, -0.05) is 0 Å². The normalized spacial score (nSPS) is 23.8. The van der Waals surface area contributed by atoms with Crippen LogP contribution >= 0.6 is 0 Å². The molecule has 0 radical (unpaired) electrons. The van der Waals surface area contributed by atoms with Crippen molar-refractivity contribution in [1.82, 2.24) is 9.80 Å². The van der Waals surface area contributed by atoms with Crippen LogP contribution in [0.2, 0.25) is 0 Å². The lowest BCUT2D eigenvalue weighted by atomic mass is 10.1. The fourth-order valence-corrected chi connectivity index (χ4v) is 3.43. The van der Waals surface area contributed by atoms with E-state index < -0.39 is 11.9 Å². The van der Waals surface area contributed by atoms with Crippen LogP contribution < -0.4 is 0 Å². The predicted molar refractivity (Wildman–Crippen MR) is 86.6 cm³/mol. The third kappa shape index (κ3) is 3.97. The third-order valence-corrected chi connectivity index (χ3v) is 4.54. The molecule has 2 bridgehead atoms. The summed E-state index contributed by atoms with van der Waals surface area (Å²) in [6, 6.07) is 5.62. The van der Waals surface area contributed by atoms with Crippen LogP contribution in [0.4, 0.5) is 0 Å². The van der Waals surface area contributed by atoms with E-state index in [-0.39, 0.29) is 30.0 Å². The van der Waals surface area contributed by atoms with Gasteiger partial charge >= 0.3 is 11.9 Å². The monoisotopic (exact) mass is 348 g/mol. The molecule has 2 saturated heterocycles. The Morgan fingerprint density at radius 3 is 2.32 bits per heavy atom. The SMILES string of the molecule is O=C(O)CN1C[C@@H]2COC[C@H](C1)N(C(=O)c1ccc(C(=O)O)cc1)C2. The van der Waals surface area contributed by atoms with Crippen molar-refractivity contribution in [2.45, 2.75) is 6.04 Å². The number of rotatable bonds is 4. The summed E-state index contributed by atoms with van der Waals surface area (Å²) in [7, 11) is 0. The molecular formula is C17H20N2O6. The second-order valence-electron chi connectivity index (χ2n) is 6.49. The molecule has 1 aromatic rings. The Morgan fingerprint density at radius 2 is 1.68 bits per heavy atom. The second-order valence-corrected chi connectivity index (χ2v) is 6.49. The van der Waals surface area contributed by atoms with Gasteiger partial charge in [0.1, 0.15) is 0 Å². The summed E-state index contributed by atoms with van der Waals surface area (Å²) in [4.78, 5) is 38.4. The molecule has 25 heavy (non-hydrogen) atoms. The van der Waals surface area contributed by atoms with Gasteiger partial charge in [-0.15, -0.1) is 0 Å². The Labute approximate surface area is 144 Å². The van der Waals surface area contributed by atoms with E-state index in [0.29, 0.717) is 38.4 Å². The first kappa shape index (κ1) is 17.4. The zero-order chi connectivity index (χ0) is 18.0. The molecule has 2 N–H and O–H groups in total. The largest absolute Gasteiger partial charge is 0.480 e. The van der Waals surface area contributed by atoms with Gasteiger partial charge in [0.05, 0.1) is 31.4 Å². The van der Waals surface area contributed by atoms with Crippen LogP contribution in [0.25, 0.3) is 0 Å². The summed E-state index contributed by atoms with van der Waals surface area (Å²) in [6.07, 6.45) is 0. The molecule has 3 rings (SSSR count). The molecule has 2 atom stereocenters. The Balaban J connectivity index is 1.79. The summed E-state index contributed by atoms with van der Waals surface area (Å²) in [5.74, 6) is -2.06. The molecule has 0 aromatic heterocycles. The molecule has 0 saturated carbocycles. The zero-order valence-corrected chi connectivity index (χ0v) is 13.6. The van der Waals surface area contributed by atoms with Crippen molar-refractivity contribution in [2.75, 3.05) is 39.4 Å². The van der Waals surface area contributed by atoms with Crippen molar-refractivity contribution < 1.29 is 29.3 Å². The van der Waals surface area contributed by atoms with E-state index in [0.717, 1.165) is 0 Å². The lowest BCUT2D eigenvalue weighted by Crippen LogP contribution is -2.47. The molecule has 0 aliphatic carbocycles. The van der Waals surface area contributed by atoms with Crippen molar-refractivity contribution in [3.05, 3.63) is 35.4 Å². The van der Waals surface area contributed by atoms with E-state index in [2.05, 4.69) is 0 Å². The summed E-state index contributed by atoms with van der Waals surface area (Å²) < 4.78 is 5.64. The van der Waals surface area contributed by atoms with Crippen LogP contribution in [0, 0.1) is 5.92 Å². The predicted octanol–water partition coefficient (Wildman–Crippen LogP) is 0.242. The Kier molecular flexibility index (Phi) is 5.00. The van der Waals surface area contributed by atoms with E-state index >= 15 is 0 Å². The van der Waals surface area contributed by atoms with Gasteiger partial charge in [0.15, 0.2) is 0 Å². The number of hydrogen-bond donors (Lipinski definition) is 2. The number of benzene rings is 1. The second kappa shape index (κ2) is 7.20. The van der Waals surface area contributed by atoms with Gasteiger partial charge in [0.2, 0.25) is 0 Å². The Hall–Kier alpha value is -2.45. The average molecular weight is 348 g/mol. The van der Waals surface area contributed by atoms with Gasteiger partial charge in [-0.05, 0) is 24.3 Å². The first-order valence-corrected chi connectivity index (χ1v) is 8.10. The van der Waals surface area contributed by atoms with Gasteiger partial charge in [0.25, 0.3) is 5.91 Å². The average Bonchev–Trinajstić information content (AvgIpc) is 2.84. The number of carbonyl (C=O) groups excluding carboxylic acids is 1. The molecule has 0 unspecified atom stereocenters. The van der Waals surface area contributed by atoms with Gasteiger partial charge in [-0.3, -0.25) is 14.5 Å². The highest BCUT2D eigenvalue weighted by Crippen LogP contribution is 2.22. The maximum atomic E-state index is 12.9. The number of carboxylic acid groups (broad SMARTS) is 2. The quantitative estimate of drug-likeness (QED) is 0.803. The van der Waals surface area contributed by atoms with Crippen LogP contribution in [0.3, 0.4) is 0 Å². The molecule has 8 heteroatoms. The molecule has 1 aromatic carbocycles. The lowest BCUT2D eigenvalue weighted by molar-refractivity contribution is -0.138.